The molecule has 2 heterocycles. The second-order valence-electron chi connectivity index (χ2n) is 9.61. The van der Waals surface area contributed by atoms with Crippen molar-refractivity contribution in [3.8, 4) is 11.4 Å². The Balaban J connectivity index is 1.60. The Kier molecular flexibility index (Phi) is 9.02. The van der Waals surface area contributed by atoms with Gasteiger partial charge in [0.05, 0.1) is 18.8 Å². The van der Waals surface area contributed by atoms with Crippen molar-refractivity contribution in [3.05, 3.63) is 77.2 Å². The first-order valence-electron chi connectivity index (χ1n) is 12.9. The molecule has 0 bridgehead atoms. The summed E-state index contributed by atoms with van der Waals surface area (Å²) in [4.78, 5) is 14.5. The lowest BCUT2D eigenvalue weighted by atomic mass is 10.0. The van der Waals surface area contributed by atoms with Gasteiger partial charge in [0.15, 0.2) is 5.82 Å². The van der Waals surface area contributed by atoms with Crippen molar-refractivity contribution in [2.45, 2.75) is 45.8 Å². The van der Waals surface area contributed by atoms with Crippen molar-refractivity contribution in [3.63, 3.8) is 0 Å². The van der Waals surface area contributed by atoms with Crippen molar-refractivity contribution in [2.75, 3.05) is 44.2 Å². The molecule has 7 heteroatoms. The van der Waals surface area contributed by atoms with Crippen LogP contribution < -0.4 is 4.90 Å². The summed E-state index contributed by atoms with van der Waals surface area (Å²) in [5.41, 5.74) is 3.56. The van der Waals surface area contributed by atoms with Crippen molar-refractivity contribution in [1.82, 2.24) is 14.9 Å². The molecule has 0 radical (unpaired) electrons. The first kappa shape index (κ1) is 26.2. The number of nitrogens with zero attached hydrogens (tertiary/aromatic N) is 4. The van der Waals surface area contributed by atoms with Crippen LogP contribution in [0, 0.1) is 5.82 Å². The highest BCUT2D eigenvalue weighted by atomic mass is 19.1. The minimum Gasteiger partial charge on any atom is -0.389 e. The maximum atomic E-state index is 14.6. The maximum absolute atomic E-state index is 14.6. The number of benzene rings is 2. The highest BCUT2D eigenvalue weighted by molar-refractivity contribution is 5.61. The lowest BCUT2D eigenvalue weighted by molar-refractivity contribution is -0.00901. The van der Waals surface area contributed by atoms with E-state index in [0.29, 0.717) is 31.0 Å². The maximum Gasteiger partial charge on any atom is 0.161 e. The first-order valence-corrected chi connectivity index (χ1v) is 12.9. The average Bonchev–Trinajstić information content (AvgIpc) is 2.90. The zero-order valence-electron chi connectivity index (χ0n) is 21.5. The van der Waals surface area contributed by atoms with Crippen LogP contribution in [0.25, 0.3) is 11.4 Å². The smallest absolute Gasteiger partial charge is 0.161 e. The van der Waals surface area contributed by atoms with Gasteiger partial charge in [-0.25, -0.2) is 14.4 Å². The molecule has 1 aromatic heterocycles. The van der Waals surface area contributed by atoms with Gasteiger partial charge in [0.2, 0.25) is 0 Å². The van der Waals surface area contributed by atoms with E-state index in [1.165, 1.54) is 6.07 Å². The van der Waals surface area contributed by atoms with Gasteiger partial charge in [0, 0.05) is 56.0 Å². The molecule has 4 rings (SSSR count). The normalized spacial score (nSPS) is 15.4. The van der Waals surface area contributed by atoms with E-state index in [2.05, 4.69) is 16.7 Å². The third-order valence-corrected chi connectivity index (χ3v) is 6.53. The fourth-order valence-electron chi connectivity index (χ4n) is 4.60. The van der Waals surface area contributed by atoms with E-state index in [9.17, 15) is 9.50 Å². The quantitative estimate of drug-likeness (QED) is 0.454. The number of ether oxygens (including phenoxy) is 1. The molecule has 192 valence electrons. The molecule has 1 aliphatic rings. The number of hydrogen-bond donors (Lipinski definition) is 1. The van der Waals surface area contributed by atoms with Crippen molar-refractivity contribution in [2.24, 2.45) is 0 Å². The van der Waals surface area contributed by atoms with E-state index in [0.717, 1.165) is 55.2 Å². The Labute approximate surface area is 213 Å². The van der Waals surface area contributed by atoms with Crippen molar-refractivity contribution >= 4 is 5.82 Å². The second kappa shape index (κ2) is 12.4. The topological polar surface area (TPSA) is 61.7 Å². The fraction of sp³-hybridized carbons (Fsp3) is 0.448. The number of β-amino-alcohol motifs (C(OH)–C–C–N with tert-alkyl or cyclic N) is 1. The highest BCUT2D eigenvalue weighted by Crippen LogP contribution is 2.29. The molecular weight excluding hydrogens is 455 g/mol. The Morgan fingerprint density at radius 1 is 0.972 bits per heavy atom. The summed E-state index contributed by atoms with van der Waals surface area (Å²) in [5.74, 6) is 1.37. The molecule has 0 aliphatic carbocycles. The summed E-state index contributed by atoms with van der Waals surface area (Å²) in [6, 6.07) is 16.9. The number of rotatable bonds is 10. The number of hydrogen-bond acceptors (Lipinski definition) is 6. The van der Waals surface area contributed by atoms with E-state index < -0.39 is 6.10 Å². The Bertz CT molecular complexity index is 1120. The number of aliphatic hydroxyl groups excluding tert-OH is 1. The number of aryl methyl sites for hydroxylation is 1. The van der Waals surface area contributed by atoms with Gasteiger partial charge in [-0.3, -0.25) is 4.90 Å². The monoisotopic (exact) mass is 492 g/mol. The molecule has 1 N–H and O–H groups in total. The van der Waals surface area contributed by atoms with Gasteiger partial charge < -0.3 is 14.7 Å². The molecule has 1 unspecified atom stereocenters. The molecule has 3 aromatic rings. The Morgan fingerprint density at radius 3 is 2.33 bits per heavy atom. The average molecular weight is 493 g/mol. The van der Waals surface area contributed by atoms with Crippen LogP contribution >= 0.6 is 0 Å². The minimum absolute atomic E-state index is 0.105. The number of anilines is 1. The summed E-state index contributed by atoms with van der Waals surface area (Å²) >= 11 is 0. The molecule has 1 saturated heterocycles. The van der Waals surface area contributed by atoms with E-state index in [-0.39, 0.29) is 11.9 Å². The molecule has 36 heavy (non-hydrogen) atoms. The van der Waals surface area contributed by atoms with E-state index in [4.69, 9.17) is 14.7 Å². The molecule has 0 saturated carbocycles. The predicted molar refractivity (Wildman–Crippen MR) is 142 cm³/mol. The molecule has 1 atom stereocenters. The number of halogens is 1. The SMILES string of the molecule is CCc1nc(-c2ccccc2)nc(N2CCN(CC(O)COC(C)C)CC2)c1Cc1ccccc1F. The minimum atomic E-state index is -0.508. The number of aromatic nitrogens is 2. The summed E-state index contributed by atoms with van der Waals surface area (Å²) in [5, 5.41) is 10.4. The Hall–Kier alpha value is -2.87. The van der Waals surface area contributed by atoms with Gasteiger partial charge >= 0.3 is 0 Å². The summed E-state index contributed by atoms with van der Waals surface area (Å²) in [6.07, 6.45) is 0.784. The van der Waals surface area contributed by atoms with E-state index >= 15 is 0 Å². The summed E-state index contributed by atoms with van der Waals surface area (Å²) < 4.78 is 20.2. The van der Waals surface area contributed by atoms with Crippen LogP contribution in [-0.2, 0) is 17.6 Å². The van der Waals surface area contributed by atoms with Crippen LogP contribution in [0.5, 0.6) is 0 Å². The molecule has 6 nitrogen and oxygen atoms in total. The van der Waals surface area contributed by atoms with Crippen LogP contribution in [0.15, 0.2) is 54.6 Å². The van der Waals surface area contributed by atoms with Gasteiger partial charge in [0.25, 0.3) is 0 Å². The largest absolute Gasteiger partial charge is 0.389 e. The summed E-state index contributed by atoms with van der Waals surface area (Å²) in [6.45, 7) is 10.1. The molecule has 0 spiro atoms. The first-order chi connectivity index (χ1) is 17.4. The fourth-order valence-corrected chi connectivity index (χ4v) is 4.60. The zero-order valence-corrected chi connectivity index (χ0v) is 21.5. The van der Waals surface area contributed by atoms with Crippen LogP contribution in [0.4, 0.5) is 10.2 Å². The number of aliphatic hydroxyl groups is 1. The lowest BCUT2D eigenvalue weighted by Crippen LogP contribution is -2.49. The van der Waals surface area contributed by atoms with Crippen LogP contribution in [-0.4, -0.2) is 71.5 Å². The third-order valence-electron chi connectivity index (χ3n) is 6.53. The van der Waals surface area contributed by atoms with Crippen LogP contribution in [0.3, 0.4) is 0 Å². The van der Waals surface area contributed by atoms with Gasteiger partial charge in [-0.15, -0.1) is 0 Å². The standard InChI is InChI=1S/C29H37FN4O2/c1-4-27-25(18-23-12-8-9-13-26(23)30)29(32-28(31-27)22-10-6-5-7-11-22)34-16-14-33(15-17-34)19-24(35)20-36-21(2)3/h5-13,21,24,35H,4,14-20H2,1-3H3. The molecular formula is C29H37FN4O2. The molecule has 2 aromatic carbocycles. The number of piperazine rings is 1. The molecule has 0 amide bonds. The van der Waals surface area contributed by atoms with Crippen molar-refractivity contribution in [1.29, 1.82) is 0 Å². The van der Waals surface area contributed by atoms with Crippen molar-refractivity contribution < 1.29 is 14.2 Å². The third kappa shape index (κ3) is 6.66. The van der Waals surface area contributed by atoms with Gasteiger partial charge in [0.1, 0.15) is 11.6 Å². The zero-order chi connectivity index (χ0) is 25.5. The van der Waals surface area contributed by atoms with Crippen LogP contribution in [0.1, 0.15) is 37.6 Å². The van der Waals surface area contributed by atoms with Crippen LogP contribution in [0.2, 0.25) is 0 Å². The molecule has 1 fully saturated rings. The van der Waals surface area contributed by atoms with Gasteiger partial charge in [-0.2, -0.15) is 0 Å². The predicted octanol–water partition coefficient (Wildman–Crippen LogP) is 4.34. The van der Waals surface area contributed by atoms with E-state index in [1.54, 1.807) is 6.07 Å². The lowest BCUT2D eigenvalue weighted by Gasteiger charge is -2.37. The molecule has 1 aliphatic heterocycles. The van der Waals surface area contributed by atoms with Gasteiger partial charge in [-0.1, -0.05) is 55.5 Å². The second-order valence-corrected chi connectivity index (χ2v) is 9.61. The summed E-state index contributed by atoms with van der Waals surface area (Å²) in [7, 11) is 0. The van der Waals surface area contributed by atoms with Gasteiger partial charge in [-0.05, 0) is 31.9 Å². The Morgan fingerprint density at radius 2 is 1.67 bits per heavy atom. The highest BCUT2D eigenvalue weighted by Gasteiger charge is 2.25. The van der Waals surface area contributed by atoms with E-state index in [1.807, 2.05) is 56.3 Å².